The van der Waals surface area contributed by atoms with Crippen LogP contribution in [0.15, 0.2) is 42.5 Å². The molecule has 2 rings (SSSR count). The Bertz CT molecular complexity index is 523. The molecule has 0 saturated heterocycles. The number of nitrogens with two attached hydrogens (primary N) is 1. The first-order chi connectivity index (χ1) is 8.22. The van der Waals surface area contributed by atoms with Crippen molar-refractivity contribution >= 4 is 5.69 Å². The SMILES string of the molecule is CCOc1ccccc1-c1ccc(N)cc1O. The fraction of sp³-hybridized carbons (Fsp3) is 0.143. The molecule has 0 atom stereocenters. The molecule has 0 radical (unpaired) electrons. The van der Waals surface area contributed by atoms with E-state index in [9.17, 15) is 5.11 Å². The summed E-state index contributed by atoms with van der Waals surface area (Å²) < 4.78 is 5.53. The first-order valence-electron chi connectivity index (χ1n) is 5.53. The van der Waals surface area contributed by atoms with Crippen molar-refractivity contribution in [1.82, 2.24) is 0 Å². The number of anilines is 1. The monoisotopic (exact) mass is 229 g/mol. The molecule has 3 N–H and O–H groups in total. The second-order valence-electron chi connectivity index (χ2n) is 3.71. The molecule has 0 heterocycles. The summed E-state index contributed by atoms with van der Waals surface area (Å²) in [5.74, 6) is 0.923. The Morgan fingerprint density at radius 1 is 1.12 bits per heavy atom. The average molecular weight is 229 g/mol. The lowest BCUT2D eigenvalue weighted by Gasteiger charge is -2.11. The molecule has 3 heteroatoms. The molecule has 2 aromatic rings. The number of rotatable bonds is 3. The minimum absolute atomic E-state index is 0.164. The summed E-state index contributed by atoms with van der Waals surface area (Å²) in [6.45, 7) is 2.52. The van der Waals surface area contributed by atoms with Crippen molar-refractivity contribution in [3.63, 3.8) is 0 Å². The van der Waals surface area contributed by atoms with Crippen molar-refractivity contribution in [3.8, 4) is 22.6 Å². The summed E-state index contributed by atoms with van der Waals surface area (Å²) in [6.07, 6.45) is 0. The summed E-state index contributed by atoms with van der Waals surface area (Å²) >= 11 is 0. The lowest BCUT2D eigenvalue weighted by atomic mass is 10.0. The molecule has 2 aromatic carbocycles. The molecule has 0 aromatic heterocycles. The summed E-state index contributed by atoms with van der Waals surface area (Å²) in [7, 11) is 0. The van der Waals surface area contributed by atoms with E-state index < -0.39 is 0 Å². The van der Waals surface area contributed by atoms with E-state index in [2.05, 4.69) is 0 Å². The molecular formula is C14H15NO2. The number of aromatic hydroxyl groups is 1. The first kappa shape index (κ1) is 11.3. The molecule has 0 aliphatic rings. The number of phenols is 1. The molecule has 17 heavy (non-hydrogen) atoms. The summed E-state index contributed by atoms with van der Waals surface area (Å²) in [5, 5.41) is 9.90. The van der Waals surface area contributed by atoms with Crippen molar-refractivity contribution in [2.24, 2.45) is 0 Å². The van der Waals surface area contributed by atoms with Crippen LogP contribution in [0.5, 0.6) is 11.5 Å². The van der Waals surface area contributed by atoms with E-state index >= 15 is 0 Å². The largest absolute Gasteiger partial charge is 0.507 e. The number of para-hydroxylation sites is 1. The van der Waals surface area contributed by atoms with E-state index in [1.54, 1.807) is 12.1 Å². The van der Waals surface area contributed by atoms with Crippen molar-refractivity contribution in [2.45, 2.75) is 6.92 Å². The van der Waals surface area contributed by atoms with Crippen LogP contribution in [-0.4, -0.2) is 11.7 Å². The van der Waals surface area contributed by atoms with Crippen LogP contribution in [0.3, 0.4) is 0 Å². The van der Waals surface area contributed by atoms with Gasteiger partial charge in [-0.1, -0.05) is 18.2 Å². The first-order valence-corrected chi connectivity index (χ1v) is 5.53. The van der Waals surface area contributed by atoms with Crippen LogP contribution in [0, 0.1) is 0 Å². The predicted octanol–water partition coefficient (Wildman–Crippen LogP) is 3.04. The topological polar surface area (TPSA) is 55.5 Å². The quantitative estimate of drug-likeness (QED) is 0.795. The van der Waals surface area contributed by atoms with Gasteiger partial charge in [0.2, 0.25) is 0 Å². The highest BCUT2D eigenvalue weighted by atomic mass is 16.5. The van der Waals surface area contributed by atoms with Gasteiger partial charge in [0.15, 0.2) is 0 Å². The van der Waals surface area contributed by atoms with E-state index in [1.165, 1.54) is 6.07 Å². The van der Waals surface area contributed by atoms with Gasteiger partial charge in [0.05, 0.1) is 6.61 Å². The number of benzene rings is 2. The fourth-order valence-corrected chi connectivity index (χ4v) is 1.75. The zero-order chi connectivity index (χ0) is 12.3. The molecule has 0 fully saturated rings. The molecule has 0 bridgehead atoms. The van der Waals surface area contributed by atoms with Crippen molar-refractivity contribution in [1.29, 1.82) is 0 Å². The molecule has 88 valence electrons. The lowest BCUT2D eigenvalue weighted by molar-refractivity contribution is 0.341. The van der Waals surface area contributed by atoms with Crippen molar-refractivity contribution < 1.29 is 9.84 Å². The number of nitrogen functional groups attached to an aromatic ring is 1. The molecule has 3 nitrogen and oxygen atoms in total. The molecule has 0 aliphatic heterocycles. The summed E-state index contributed by atoms with van der Waals surface area (Å²) in [4.78, 5) is 0. The Balaban J connectivity index is 2.52. The van der Waals surface area contributed by atoms with Crippen LogP contribution in [0.2, 0.25) is 0 Å². The van der Waals surface area contributed by atoms with Crippen LogP contribution in [0.25, 0.3) is 11.1 Å². The molecular weight excluding hydrogens is 214 g/mol. The van der Waals surface area contributed by atoms with E-state index in [1.807, 2.05) is 31.2 Å². The zero-order valence-corrected chi connectivity index (χ0v) is 9.68. The van der Waals surface area contributed by atoms with Gasteiger partial charge in [0, 0.05) is 22.9 Å². The third-order valence-corrected chi connectivity index (χ3v) is 2.50. The van der Waals surface area contributed by atoms with Gasteiger partial charge in [-0.2, -0.15) is 0 Å². The second kappa shape index (κ2) is 4.78. The molecule has 0 saturated carbocycles. The number of ether oxygens (including phenoxy) is 1. The predicted molar refractivity (Wildman–Crippen MR) is 69.1 cm³/mol. The van der Waals surface area contributed by atoms with Crippen LogP contribution in [0.4, 0.5) is 5.69 Å². The van der Waals surface area contributed by atoms with Gasteiger partial charge >= 0.3 is 0 Å². The lowest BCUT2D eigenvalue weighted by Crippen LogP contribution is -1.94. The van der Waals surface area contributed by atoms with Gasteiger partial charge in [-0.25, -0.2) is 0 Å². The number of hydrogen-bond donors (Lipinski definition) is 2. The molecule has 0 spiro atoms. The van der Waals surface area contributed by atoms with Crippen molar-refractivity contribution in [2.75, 3.05) is 12.3 Å². The maximum atomic E-state index is 9.90. The van der Waals surface area contributed by atoms with Gasteiger partial charge in [0.1, 0.15) is 11.5 Å². The van der Waals surface area contributed by atoms with E-state index in [0.29, 0.717) is 12.3 Å². The van der Waals surface area contributed by atoms with E-state index in [4.69, 9.17) is 10.5 Å². The van der Waals surface area contributed by atoms with Gasteiger partial charge in [-0.3, -0.25) is 0 Å². The smallest absolute Gasteiger partial charge is 0.127 e. The van der Waals surface area contributed by atoms with E-state index in [0.717, 1.165) is 16.9 Å². The fourth-order valence-electron chi connectivity index (χ4n) is 1.75. The van der Waals surface area contributed by atoms with Gasteiger partial charge < -0.3 is 15.6 Å². The maximum Gasteiger partial charge on any atom is 0.127 e. The zero-order valence-electron chi connectivity index (χ0n) is 9.68. The molecule has 0 amide bonds. The van der Waals surface area contributed by atoms with Crippen LogP contribution >= 0.6 is 0 Å². The minimum atomic E-state index is 0.164. The standard InChI is InChI=1S/C14H15NO2/c1-2-17-14-6-4-3-5-12(14)11-8-7-10(15)9-13(11)16/h3-9,16H,2,15H2,1H3. The normalized spacial score (nSPS) is 10.2. The molecule has 0 unspecified atom stereocenters. The summed E-state index contributed by atoms with van der Waals surface area (Å²) in [6, 6.07) is 12.7. The third kappa shape index (κ3) is 2.33. The van der Waals surface area contributed by atoms with Crippen LogP contribution in [-0.2, 0) is 0 Å². The Morgan fingerprint density at radius 2 is 1.88 bits per heavy atom. The maximum absolute atomic E-state index is 9.90. The highest BCUT2D eigenvalue weighted by molar-refractivity contribution is 5.77. The second-order valence-corrected chi connectivity index (χ2v) is 3.71. The number of hydrogen-bond acceptors (Lipinski definition) is 3. The van der Waals surface area contributed by atoms with Crippen LogP contribution < -0.4 is 10.5 Å². The average Bonchev–Trinajstić information content (AvgIpc) is 2.31. The Hall–Kier alpha value is -2.16. The highest BCUT2D eigenvalue weighted by Crippen LogP contribution is 2.36. The van der Waals surface area contributed by atoms with Gasteiger partial charge in [-0.05, 0) is 25.1 Å². The Labute approximate surface area is 100 Å². The Kier molecular flexibility index (Phi) is 3.19. The van der Waals surface area contributed by atoms with Gasteiger partial charge in [0.25, 0.3) is 0 Å². The summed E-state index contributed by atoms with van der Waals surface area (Å²) in [5.41, 5.74) is 7.75. The third-order valence-electron chi connectivity index (χ3n) is 2.50. The number of phenolic OH excluding ortho intramolecular Hbond substituents is 1. The Morgan fingerprint density at radius 3 is 2.59 bits per heavy atom. The molecule has 0 aliphatic carbocycles. The minimum Gasteiger partial charge on any atom is -0.507 e. The van der Waals surface area contributed by atoms with Crippen molar-refractivity contribution in [3.05, 3.63) is 42.5 Å². The van der Waals surface area contributed by atoms with E-state index in [-0.39, 0.29) is 5.75 Å². The highest BCUT2D eigenvalue weighted by Gasteiger charge is 2.09. The van der Waals surface area contributed by atoms with Crippen LogP contribution in [0.1, 0.15) is 6.92 Å². The van der Waals surface area contributed by atoms with Gasteiger partial charge in [-0.15, -0.1) is 0 Å².